The van der Waals surface area contributed by atoms with Crippen LogP contribution in [-0.4, -0.2) is 35.6 Å². The summed E-state index contributed by atoms with van der Waals surface area (Å²) in [6, 6.07) is 0. The summed E-state index contributed by atoms with van der Waals surface area (Å²) in [6.07, 6.45) is 23.4. The number of carbonyl (C=O) groups is 1. The molecule has 0 amide bonds. The Labute approximate surface area is 169 Å². The van der Waals surface area contributed by atoms with Crippen molar-refractivity contribution in [3.63, 3.8) is 0 Å². The molecule has 27 heavy (non-hydrogen) atoms. The number of carboxylic acid groups (broad SMARTS) is 1. The molecule has 0 spiro atoms. The van der Waals surface area contributed by atoms with Gasteiger partial charge in [-0.05, 0) is 58.2 Å². The van der Waals surface area contributed by atoms with Gasteiger partial charge in [-0.25, -0.2) is 0 Å². The van der Waals surface area contributed by atoms with E-state index in [1.807, 2.05) is 0 Å². The normalized spacial score (nSPS) is 11.6. The molecular weight excluding hydrogens is 334 g/mol. The van der Waals surface area contributed by atoms with E-state index in [1.165, 1.54) is 32.5 Å². The minimum Gasteiger partial charge on any atom is -0.481 e. The fraction of sp³-hybridized carbons (Fsp3) is 0.708. The van der Waals surface area contributed by atoms with Crippen LogP contribution in [0.2, 0.25) is 0 Å². The van der Waals surface area contributed by atoms with Crippen LogP contribution in [0.3, 0.4) is 0 Å². The first kappa shape index (κ1) is 27.9. The summed E-state index contributed by atoms with van der Waals surface area (Å²) < 4.78 is 0. The molecule has 0 rings (SSSR count). The topological polar surface area (TPSA) is 40.5 Å². The van der Waals surface area contributed by atoms with E-state index in [1.54, 1.807) is 0 Å². The first-order valence-electron chi connectivity index (χ1n) is 11.0. The molecule has 0 unspecified atom stereocenters. The number of allylic oxidation sites excluding steroid dienone is 6. The second kappa shape index (κ2) is 24.7. The van der Waals surface area contributed by atoms with E-state index in [0.29, 0.717) is 6.42 Å². The molecule has 0 aromatic carbocycles. The van der Waals surface area contributed by atoms with Gasteiger partial charge in [-0.2, -0.15) is 0 Å². The Morgan fingerprint density at radius 2 is 1.19 bits per heavy atom. The fourth-order valence-corrected chi connectivity index (χ4v) is 2.57. The Balaban J connectivity index is 0. The van der Waals surface area contributed by atoms with Crippen LogP contribution in [0.5, 0.6) is 0 Å². The van der Waals surface area contributed by atoms with Gasteiger partial charge in [-0.3, -0.25) is 4.79 Å². The molecule has 0 aliphatic carbocycles. The van der Waals surface area contributed by atoms with Gasteiger partial charge < -0.3 is 10.0 Å². The van der Waals surface area contributed by atoms with Crippen molar-refractivity contribution < 1.29 is 9.90 Å². The predicted octanol–water partition coefficient (Wildman–Crippen LogP) is 7.01. The van der Waals surface area contributed by atoms with Crippen LogP contribution in [0.25, 0.3) is 0 Å². The first-order valence-corrected chi connectivity index (χ1v) is 11.0. The Morgan fingerprint density at radius 1 is 0.704 bits per heavy atom. The molecule has 0 fully saturated rings. The molecule has 0 aliphatic heterocycles. The molecule has 0 aliphatic rings. The predicted molar refractivity (Wildman–Crippen MR) is 120 cm³/mol. The SMILES string of the molecule is CC/C=C\C/C=C\C/C=C\CCCCCCCC(=O)O.CCN(CC)CC. The Bertz CT molecular complexity index is 376. The number of hydrogen-bond acceptors (Lipinski definition) is 2. The van der Waals surface area contributed by atoms with Gasteiger partial charge in [0, 0.05) is 6.42 Å². The highest BCUT2D eigenvalue weighted by atomic mass is 16.4. The Kier molecular flexibility index (Phi) is 25.4. The highest BCUT2D eigenvalue weighted by molar-refractivity contribution is 5.66. The molecule has 0 saturated heterocycles. The van der Waals surface area contributed by atoms with Crippen LogP contribution < -0.4 is 0 Å². The summed E-state index contributed by atoms with van der Waals surface area (Å²) in [4.78, 5) is 12.7. The largest absolute Gasteiger partial charge is 0.481 e. The number of unbranched alkanes of at least 4 members (excludes halogenated alkanes) is 5. The van der Waals surface area contributed by atoms with E-state index in [0.717, 1.165) is 44.9 Å². The van der Waals surface area contributed by atoms with E-state index in [9.17, 15) is 4.79 Å². The molecule has 0 aromatic rings. The zero-order chi connectivity index (χ0) is 20.6. The molecule has 0 saturated carbocycles. The van der Waals surface area contributed by atoms with Gasteiger partial charge in [0.05, 0.1) is 0 Å². The molecule has 0 heterocycles. The van der Waals surface area contributed by atoms with Crippen molar-refractivity contribution in [3.05, 3.63) is 36.5 Å². The van der Waals surface area contributed by atoms with Crippen molar-refractivity contribution in [3.8, 4) is 0 Å². The van der Waals surface area contributed by atoms with Gasteiger partial charge in [0.25, 0.3) is 0 Å². The zero-order valence-corrected chi connectivity index (χ0v) is 18.5. The highest BCUT2D eigenvalue weighted by Gasteiger charge is 1.95. The summed E-state index contributed by atoms with van der Waals surface area (Å²) in [6.45, 7) is 12.3. The maximum atomic E-state index is 10.3. The molecule has 1 N–H and O–H groups in total. The summed E-state index contributed by atoms with van der Waals surface area (Å²) in [5.41, 5.74) is 0. The second-order valence-corrected chi connectivity index (χ2v) is 6.61. The van der Waals surface area contributed by atoms with Crippen LogP contribution >= 0.6 is 0 Å². The van der Waals surface area contributed by atoms with Crippen molar-refractivity contribution in [2.75, 3.05) is 19.6 Å². The van der Waals surface area contributed by atoms with Gasteiger partial charge in [0.15, 0.2) is 0 Å². The molecule has 0 radical (unpaired) electrons. The first-order chi connectivity index (χ1) is 13.1. The standard InChI is InChI=1S/C18H30O2.C6H15N/c1-2-3-4-5-6-7-8-9-10-11-12-13-14-15-16-17-18(19)20;1-4-7(5-2)6-3/h3-4,6-7,9-10H,2,5,8,11-17H2,1H3,(H,19,20);4-6H2,1-3H3/b4-3-,7-6-,10-9-;. The smallest absolute Gasteiger partial charge is 0.303 e. The second-order valence-electron chi connectivity index (χ2n) is 6.61. The fourth-order valence-electron chi connectivity index (χ4n) is 2.57. The third-order valence-corrected chi connectivity index (χ3v) is 4.38. The maximum Gasteiger partial charge on any atom is 0.303 e. The quantitative estimate of drug-likeness (QED) is 0.232. The van der Waals surface area contributed by atoms with Crippen LogP contribution in [-0.2, 0) is 4.79 Å². The van der Waals surface area contributed by atoms with E-state index in [4.69, 9.17) is 5.11 Å². The van der Waals surface area contributed by atoms with Crippen molar-refractivity contribution >= 4 is 5.97 Å². The summed E-state index contributed by atoms with van der Waals surface area (Å²) >= 11 is 0. The van der Waals surface area contributed by atoms with Gasteiger partial charge >= 0.3 is 5.97 Å². The molecule has 0 aromatic heterocycles. The van der Waals surface area contributed by atoms with E-state index in [-0.39, 0.29) is 0 Å². The van der Waals surface area contributed by atoms with Crippen LogP contribution in [0.15, 0.2) is 36.5 Å². The summed E-state index contributed by atoms with van der Waals surface area (Å²) in [5.74, 6) is -0.675. The molecule has 3 nitrogen and oxygen atoms in total. The van der Waals surface area contributed by atoms with E-state index < -0.39 is 5.97 Å². The molecule has 158 valence electrons. The third-order valence-electron chi connectivity index (χ3n) is 4.38. The van der Waals surface area contributed by atoms with Crippen LogP contribution in [0.1, 0.15) is 91.9 Å². The summed E-state index contributed by atoms with van der Waals surface area (Å²) in [7, 11) is 0. The number of nitrogens with zero attached hydrogens (tertiary/aromatic N) is 1. The lowest BCUT2D eigenvalue weighted by molar-refractivity contribution is -0.137. The number of hydrogen-bond donors (Lipinski definition) is 1. The minimum absolute atomic E-state index is 0.319. The minimum atomic E-state index is -0.675. The van der Waals surface area contributed by atoms with Gasteiger partial charge in [0.2, 0.25) is 0 Å². The Hall–Kier alpha value is -1.35. The molecule has 3 heteroatoms. The highest BCUT2D eigenvalue weighted by Crippen LogP contribution is 2.07. The number of aliphatic carboxylic acids is 1. The molecule has 0 atom stereocenters. The lowest BCUT2D eigenvalue weighted by atomic mass is 10.1. The van der Waals surface area contributed by atoms with Crippen molar-refractivity contribution in [1.29, 1.82) is 0 Å². The van der Waals surface area contributed by atoms with Gasteiger partial charge in [0.1, 0.15) is 0 Å². The number of carboxylic acids is 1. The van der Waals surface area contributed by atoms with Gasteiger partial charge in [-0.15, -0.1) is 0 Å². The van der Waals surface area contributed by atoms with Crippen molar-refractivity contribution in [2.24, 2.45) is 0 Å². The average molecular weight is 380 g/mol. The van der Waals surface area contributed by atoms with Crippen molar-refractivity contribution in [1.82, 2.24) is 4.90 Å². The average Bonchev–Trinajstić information content (AvgIpc) is 2.66. The van der Waals surface area contributed by atoms with Crippen molar-refractivity contribution in [2.45, 2.75) is 91.9 Å². The summed E-state index contributed by atoms with van der Waals surface area (Å²) in [5, 5.41) is 8.50. The van der Waals surface area contributed by atoms with E-state index in [2.05, 4.69) is 69.1 Å². The lowest BCUT2D eigenvalue weighted by Crippen LogP contribution is -2.21. The van der Waals surface area contributed by atoms with Crippen LogP contribution in [0, 0.1) is 0 Å². The molecule has 0 bridgehead atoms. The maximum absolute atomic E-state index is 10.3. The Morgan fingerprint density at radius 3 is 1.67 bits per heavy atom. The monoisotopic (exact) mass is 379 g/mol. The third kappa shape index (κ3) is 27.0. The zero-order valence-electron chi connectivity index (χ0n) is 18.5. The molecular formula is C24H45NO2. The van der Waals surface area contributed by atoms with Gasteiger partial charge in [-0.1, -0.05) is 83.4 Å². The number of rotatable bonds is 16. The van der Waals surface area contributed by atoms with E-state index >= 15 is 0 Å². The van der Waals surface area contributed by atoms with Crippen LogP contribution in [0.4, 0.5) is 0 Å². The lowest BCUT2D eigenvalue weighted by Gasteiger charge is -2.13.